The first-order chi connectivity index (χ1) is 12.7. The molecule has 1 aromatic carbocycles. The maximum Gasteiger partial charge on any atom is 0.412 e. The fourth-order valence-electron chi connectivity index (χ4n) is 2.31. The fraction of sp³-hybridized carbons (Fsp3) is 0.600. The van der Waals surface area contributed by atoms with E-state index in [4.69, 9.17) is 14.2 Å². The summed E-state index contributed by atoms with van der Waals surface area (Å²) < 4.78 is 29.0. The lowest BCUT2D eigenvalue weighted by Crippen LogP contribution is -2.49. The highest BCUT2D eigenvalue weighted by atomic mass is 19.1. The number of ether oxygens (including phenoxy) is 3. The van der Waals surface area contributed by atoms with Gasteiger partial charge in [0, 0.05) is 13.5 Å². The van der Waals surface area contributed by atoms with Gasteiger partial charge in [-0.25, -0.2) is 14.0 Å². The molecule has 1 atom stereocenters. The van der Waals surface area contributed by atoms with Crippen molar-refractivity contribution in [1.82, 2.24) is 4.90 Å². The summed E-state index contributed by atoms with van der Waals surface area (Å²) >= 11 is 0. The summed E-state index contributed by atoms with van der Waals surface area (Å²) in [6, 6.07) is 4.82. The van der Waals surface area contributed by atoms with Gasteiger partial charge in [0.15, 0.2) is 0 Å². The van der Waals surface area contributed by atoms with Crippen molar-refractivity contribution in [3.8, 4) is 0 Å². The number of carbonyl (C=O) groups excluding carboxylic acids is 2. The Morgan fingerprint density at radius 2 is 1.81 bits per heavy atom. The van der Waals surface area contributed by atoms with Crippen LogP contribution in [-0.4, -0.2) is 49.1 Å². The van der Waals surface area contributed by atoms with Crippen molar-refractivity contribution in [2.24, 2.45) is 0 Å². The molecule has 0 spiro atoms. The molecule has 0 heterocycles. The normalized spacial score (nSPS) is 12.4. The molecule has 0 aliphatic heterocycles. The van der Waals surface area contributed by atoms with Crippen LogP contribution in [0.1, 0.15) is 46.1 Å². The number of amides is 1. The quantitative estimate of drug-likeness (QED) is 0.367. The molecule has 0 saturated carbocycles. The third-order valence-electron chi connectivity index (χ3n) is 3.63. The van der Waals surface area contributed by atoms with Crippen LogP contribution in [0.3, 0.4) is 0 Å². The number of halogens is 1. The monoisotopic (exact) mass is 383 g/mol. The van der Waals surface area contributed by atoms with E-state index < -0.39 is 23.7 Å². The van der Waals surface area contributed by atoms with E-state index in [1.807, 2.05) is 6.92 Å². The molecule has 0 N–H and O–H groups in total. The SMILES string of the molecule is CCCCOC(=O)[C@H](Cc1ccc(F)cc1)N(COC)C(=O)OC(C)(C)C. The number of nitrogens with zero attached hydrogens (tertiary/aromatic N) is 1. The summed E-state index contributed by atoms with van der Waals surface area (Å²) in [6.07, 6.45) is 1.09. The van der Waals surface area contributed by atoms with Gasteiger partial charge in [-0.15, -0.1) is 0 Å². The van der Waals surface area contributed by atoms with E-state index in [2.05, 4.69) is 0 Å². The molecule has 0 unspecified atom stereocenters. The topological polar surface area (TPSA) is 65.1 Å². The fourth-order valence-corrected chi connectivity index (χ4v) is 2.31. The second kappa shape index (κ2) is 10.9. The van der Waals surface area contributed by atoms with Crippen molar-refractivity contribution in [2.45, 2.75) is 58.6 Å². The van der Waals surface area contributed by atoms with Crippen molar-refractivity contribution in [2.75, 3.05) is 20.4 Å². The second-order valence-corrected chi connectivity index (χ2v) is 7.24. The van der Waals surface area contributed by atoms with Gasteiger partial charge < -0.3 is 14.2 Å². The highest BCUT2D eigenvalue weighted by Crippen LogP contribution is 2.17. The Balaban J connectivity index is 3.07. The molecule has 0 bridgehead atoms. The highest BCUT2D eigenvalue weighted by molar-refractivity contribution is 5.82. The number of hydrogen-bond donors (Lipinski definition) is 0. The molecule has 7 heteroatoms. The van der Waals surface area contributed by atoms with Crippen molar-refractivity contribution in [3.63, 3.8) is 0 Å². The summed E-state index contributed by atoms with van der Waals surface area (Å²) in [6.45, 7) is 7.34. The minimum Gasteiger partial charge on any atom is -0.464 e. The summed E-state index contributed by atoms with van der Waals surface area (Å²) in [7, 11) is 1.43. The van der Waals surface area contributed by atoms with E-state index in [1.165, 1.54) is 24.1 Å². The van der Waals surface area contributed by atoms with E-state index in [9.17, 15) is 14.0 Å². The van der Waals surface area contributed by atoms with Crippen LogP contribution in [0.5, 0.6) is 0 Å². The van der Waals surface area contributed by atoms with Crippen LogP contribution >= 0.6 is 0 Å². The molecular formula is C20H30FNO5. The van der Waals surface area contributed by atoms with Gasteiger partial charge in [-0.3, -0.25) is 4.90 Å². The van der Waals surface area contributed by atoms with Gasteiger partial charge in [0.25, 0.3) is 0 Å². The Bertz CT molecular complexity index is 597. The van der Waals surface area contributed by atoms with Crippen molar-refractivity contribution >= 4 is 12.1 Å². The molecule has 0 saturated heterocycles. The predicted molar refractivity (Wildman–Crippen MR) is 99.7 cm³/mol. The van der Waals surface area contributed by atoms with Crippen LogP contribution < -0.4 is 0 Å². The zero-order chi connectivity index (χ0) is 20.4. The first kappa shape index (κ1) is 22.9. The maximum absolute atomic E-state index is 13.2. The Hall–Kier alpha value is -2.15. The van der Waals surface area contributed by atoms with Crippen molar-refractivity contribution in [3.05, 3.63) is 35.6 Å². The Labute approximate surface area is 160 Å². The van der Waals surface area contributed by atoms with E-state index in [0.717, 1.165) is 12.8 Å². The average molecular weight is 383 g/mol. The molecule has 1 rings (SSSR count). The third-order valence-corrected chi connectivity index (χ3v) is 3.63. The Morgan fingerprint density at radius 3 is 2.33 bits per heavy atom. The van der Waals surface area contributed by atoms with Crippen molar-refractivity contribution < 1.29 is 28.2 Å². The summed E-state index contributed by atoms with van der Waals surface area (Å²) in [4.78, 5) is 26.5. The van der Waals surface area contributed by atoms with Gasteiger partial charge in [0.2, 0.25) is 0 Å². The maximum atomic E-state index is 13.2. The molecule has 0 fully saturated rings. The Kier molecular flexibility index (Phi) is 9.21. The summed E-state index contributed by atoms with van der Waals surface area (Å²) in [5.74, 6) is -0.919. The standard InChI is InChI=1S/C20H30FNO5/c1-6-7-12-26-18(23)17(13-15-8-10-16(21)11-9-15)22(14-25-5)19(24)27-20(2,3)4/h8-11,17H,6-7,12-14H2,1-5H3/t17-/m0/s1. The highest BCUT2D eigenvalue weighted by Gasteiger charge is 2.34. The zero-order valence-corrected chi connectivity index (χ0v) is 16.8. The van der Waals surface area contributed by atoms with Crippen LogP contribution in [0.25, 0.3) is 0 Å². The molecular weight excluding hydrogens is 353 g/mol. The molecule has 1 aromatic rings. The van der Waals surface area contributed by atoms with Gasteiger partial charge in [0.05, 0.1) is 6.61 Å². The molecule has 0 aliphatic rings. The second-order valence-electron chi connectivity index (χ2n) is 7.24. The number of unbranched alkanes of at least 4 members (excludes halogenated alkanes) is 1. The molecule has 0 radical (unpaired) electrons. The van der Waals surface area contributed by atoms with Gasteiger partial charge >= 0.3 is 12.1 Å². The number of carbonyl (C=O) groups is 2. The lowest BCUT2D eigenvalue weighted by atomic mass is 10.0. The average Bonchev–Trinajstić information content (AvgIpc) is 2.58. The number of rotatable bonds is 9. The smallest absolute Gasteiger partial charge is 0.412 e. The van der Waals surface area contributed by atoms with E-state index in [-0.39, 0.29) is 25.6 Å². The molecule has 0 aliphatic carbocycles. The summed E-state index contributed by atoms with van der Waals surface area (Å²) in [5.41, 5.74) is -0.0335. The van der Waals surface area contributed by atoms with Gasteiger partial charge in [0.1, 0.15) is 24.2 Å². The molecule has 6 nitrogen and oxygen atoms in total. The summed E-state index contributed by atoms with van der Waals surface area (Å²) in [5, 5.41) is 0. The first-order valence-electron chi connectivity index (χ1n) is 9.07. The van der Waals surface area contributed by atoms with Crippen molar-refractivity contribution in [1.29, 1.82) is 0 Å². The van der Waals surface area contributed by atoms with Gasteiger partial charge in [-0.05, 0) is 44.9 Å². The van der Waals surface area contributed by atoms with Crippen LogP contribution in [0.2, 0.25) is 0 Å². The van der Waals surface area contributed by atoms with Gasteiger partial charge in [-0.2, -0.15) is 0 Å². The number of methoxy groups -OCH3 is 1. The van der Waals surface area contributed by atoms with Crippen LogP contribution in [0.4, 0.5) is 9.18 Å². The lowest BCUT2D eigenvalue weighted by molar-refractivity contribution is -0.152. The molecule has 27 heavy (non-hydrogen) atoms. The molecule has 1 amide bonds. The predicted octanol–water partition coefficient (Wildman–Crippen LogP) is 3.92. The van der Waals surface area contributed by atoms with Gasteiger partial charge in [-0.1, -0.05) is 25.5 Å². The largest absolute Gasteiger partial charge is 0.464 e. The van der Waals surface area contributed by atoms with Crippen LogP contribution in [-0.2, 0) is 25.4 Å². The number of benzene rings is 1. The Morgan fingerprint density at radius 1 is 1.19 bits per heavy atom. The zero-order valence-electron chi connectivity index (χ0n) is 16.8. The molecule has 0 aromatic heterocycles. The number of esters is 1. The van der Waals surface area contributed by atoms with Crippen LogP contribution in [0.15, 0.2) is 24.3 Å². The number of hydrogen-bond acceptors (Lipinski definition) is 5. The minimum atomic E-state index is -0.942. The van der Waals surface area contributed by atoms with E-state index in [0.29, 0.717) is 5.56 Å². The lowest BCUT2D eigenvalue weighted by Gasteiger charge is -2.31. The molecule has 152 valence electrons. The van der Waals surface area contributed by atoms with E-state index in [1.54, 1.807) is 32.9 Å². The van der Waals surface area contributed by atoms with Crippen LogP contribution in [0, 0.1) is 5.82 Å². The first-order valence-corrected chi connectivity index (χ1v) is 9.07. The minimum absolute atomic E-state index is 0.135. The third kappa shape index (κ3) is 8.39. The van der Waals surface area contributed by atoms with E-state index >= 15 is 0 Å².